The molecule has 29 rings (SSSR count). The molecule has 678 valence electrons. The average molecular weight is 1770 g/mol. The largest absolute Gasteiger partial charge is 0.311 e. The highest BCUT2D eigenvalue weighted by Crippen LogP contribution is 2.70. The van der Waals surface area contributed by atoms with Crippen molar-refractivity contribution in [3.8, 4) is 66.8 Å². The number of nitrogens with zero attached hydrogens (tertiary/aromatic N) is 1. The van der Waals surface area contributed by atoms with Gasteiger partial charge < -0.3 is 4.90 Å². The molecule has 15 aromatic rings. The molecule has 1 heteroatoms. The third-order valence-corrected chi connectivity index (χ3v) is 37.4. The van der Waals surface area contributed by atoms with Gasteiger partial charge in [-0.15, -0.1) is 0 Å². The van der Waals surface area contributed by atoms with Gasteiger partial charge in [0.15, 0.2) is 0 Å². The second kappa shape index (κ2) is 33.2. The van der Waals surface area contributed by atoms with Crippen molar-refractivity contribution in [3.63, 3.8) is 0 Å². The predicted molar refractivity (Wildman–Crippen MR) is 571 cm³/mol. The minimum atomic E-state index is -0.0703. The van der Waals surface area contributed by atoms with Crippen LogP contribution in [0.4, 0.5) is 17.1 Å². The summed E-state index contributed by atoms with van der Waals surface area (Å²) in [7, 11) is 0. The van der Waals surface area contributed by atoms with E-state index in [9.17, 15) is 0 Å². The molecular formula is C135H133N. The summed E-state index contributed by atoms with van der Waals surface area (Å²) >= 11 is 0. The first-order chi connectivity index (χ1) is 66.4. The third-order valence-electron chi connectivity index (χ3n) is 37.4. The zero-order valence-electron chi connectivity index (χ0n) is 82.3. The van der Waals surface area contributed by atoms with Crippen molar-refractivity contribution < 1.29 is 0 Å². The molecule has 0 amide bonds. The molecule has 0 aromatic heterocycles. The molecule has 0 N–H and O–H groups in total. The molecule has 0 radical (unpaired) electrons. The van der Waals surface area contributed by atoms with Crippen molar-refractivity contribution in [2.45, 2.75) is 276 Å². The monoisotopic (exact) mass is 1770 g/mol. The number of hydrogen-bond acceptors (Lipinski definition) is 1. The van der Waals surface area contributed by atoms with E-state index in [2.05, 4.69) is 359 Å². The first-order valence-corrected chi connectivity index (χ1v) is 52.8. The van der Waals surface area contributed by atoms with Crippen LogP contribution in [-0.4, -0.2) is 0 Å². The van der Waals surface area contributed by atoms with Gasteiger partial charge in [-0.05, 0) is 426 Å². The maximum Gasteiger partial charge on any atom is 0.0466 e. The lowest BCUT2D eigenvalue weighted by atomic mass is 9.57. The first kappa shape index (κ1) is 85.7. The lowest BCUT2D eigenvalue weighted by molar-refractivity contribution is 0.138. The van der Waals surface area contributed by atoms with Gasteiger partial charge in [0, 0.05) is 51.6 Å². The van der Waals surface area contributed by atoms with E-state index in [-0.39, 0.29) is 10.8 Å². The standard InChI is InChI=1S/C36H31N.C30H24.3C23H26/c1-25-15-21-32-33-22-16-26(2)31-14-9-23-36(35(31)33,34(32)24-25)27-17-19-30(20-18-27)37(28-10-5-3-6-11-28)29-12-7-4-8-13-29;1-18-11-13-21-24-14-12-19(2)20-15-16-30(29(28(20)24)25(21)17-18)26-9-5-3-7-22(26)23-8-4-6-10-27(23)30;1-15-6-8-18-19-9-7-16(2)17-10-13-23(11-4-3-5-12-23)22(21(17)19)20(18)14-15;1-15-6-8-17-18-9-7-16(2)22-21(18)19(20(17)14-15)10-13-23(22)11-4-3-5-12-23;1-15-6-8-17-18-9-7-16(2)20-13-23(10-4-3-5-11-23)14-21(22(18)20)19(17)12-15/h3-8,10-13,15-22,24H,9,14,23H2,1-2H3;3-14,17,29H,15-16H2,1-2H3;6-9,14,22H,3-5,10-13H2,1-2H3;6-9,14,19H,3-5,10-13H2,1-2H3;6-9,12,21H,3-5,10-11,13-14H2,1-2H3. The highest BCUT2D eigenvalue weighted by atomic mass is 15.1. The van der Waals surface area contributed by atoms with Gasteiger partial charge >= 0.3 is 0 Å². The lowest BCUT2D eigenvalue weighted by Crippen LogP contribution is -2.37. The van der Waals surface area contributed by atoms with E-state index in [0.717, 1.165) is 12.8 Å². The molecule has 5 unspecified atom stereocenters. The van der Waals surface area contributed by atoms with E-state index in [4.69, 9.17) is 0 Å². The zero-order valence-corrected chi connectivity index (χ0v) is 82.3. The quantitative estimate of drug-likeness (QED) is 0.170. The minimum absolute atomic E-state index is 0.0295. The summed E-state index contributed by atoms with van der Waals surface area (Å²) in [6.07, 6.45) is 35.7. The number of para-hydroxylation sites is 2. The van der Waals surface area contributed by atoms with Crippen LogP contribution in [-0.2, 0) is 41.9 Å². The van der Waals surface area contributed by atoms with Crippen molar-refractivity contribution in [1.29, 1.82) is 0 Å². The summed E-state index contributed by atoms with van der Waals surface area (Å²) in [5, 5.41) is 0. The fourth-order valence-electron chi connectivity index (χ4n) is 31.5. The molecule has 0 bridgehead atoms. The SMILES string of the molecule is Cc1ccc2c(c1)C1(c3ccc(N(c4ccccc4)c4ccccc4)cc3)CCCc3c(C)ccc-2c31.Cc1ccc2c(c1)C1CC3(CCCCC3)Cc3c(C)ccc-2c31.Cc1ccc2c(c1)C1CCC3(CCCCC3)c3c(C)ccc-2c31.Cc1ccc2c(c1)C1c3c-2ccc(C)c3CCC12CCCCC2.Cc1ccc2c(c1)C1c3c-2ccc(C)c3CCC12c1ccccc1-c1ccccc12. The minimum Gasteiger partial charge on any atom is -0.311 e. The normalized spacial score (nSPS) is 20.8. The fourth-order valence-corrected chi connectivity index (χ4v) is 31.5. The Hall–Kier alpha value is -11.9. The van der Waals surface area contributed by atoms with Crippen LogP contribution in [0.25, 0.3) is 66.8 Å². The molecule has 136 heavy (non-hydrogen) atoms. The molecule has 0 heterocycles. The predicted octanol–water partition coefficient (Wildman–Crippen LogP) is 35.8. The number of rotatable bonds is 4. The Morgan fingerprint density at radius 1 is 0.257 bits per heavy atom. The average Bonchev–Trinajstić information content (AvgIpc) is 1.51. The smallest absolute Gasteiger partial charge is 0.0466 e. The Labute approximate surface area is 810 Å². The van der Waals surface area contributed by atoms with Crippen molar-refractivity contribution in [2.24, 2.45) is 10.8 Å². The van der Waals surface area contributed by atoms with Crippen LogP contribution in [0.1, 0.15) is 321 Å². The van der Waals surface area contributed by atoms with Gasteiger partial charge in [0.2, 0.25) is 0 Å². The summed E-state index contributed by atoms with van der Waals surface area (Å²) in [6, 6.07) is 109. The van der Waals surface area contributed by atoms with Crippen LogP contribution in [0.5, 0.6) is 0 Å². The van der Waals surface area contributed by atoms with E-state index in [0.29, 0.717) is 39.9 Å². The van der Waals surface area contributed by atoms with Crippen LogP contribution < -0.4 is 4.90 Å². The highest BCUT2D eigenvalue weighted by Gasteiger charge is 2.57. The molecule has 0 saturated heterocycles. The topological polar surface area (TPSA) is 3.24 Å². The summed E-state index contributed by atoms with van der Waals surface area (Å²) in [5.74, 6) is 2.41. The molecule has 4 spiro atoms. The Bertz CT molecular complexity index is 7240. The Kier molecular flexibility index (Phi) is 20.9. The van der Waals surface area contributed by atoms with E-state index >= 15 is 0 Å². The van der Waals surface area contributed by atoms with Crippen LogP contribution in [0.2, 0.25) is 0 Å². The van der Waals surface area contributed by atoms with Gasteiger partial charge in [0.05, 0.1) is 0 Å². The van der Waals surface area contributed by atoms with E-state index < -0.39 is 0 Å². The lowest BCUT2D eigenvalue weighted by Gasteiger charge is -2.47. The maximum absolute atomic E-state index is 2.50. The molecule has 14 aliphatic carbocycles. The summed E-state index contributed by atoms with van der Waals surface area (Å²) in [4.78, 5) is 2.35. The molecule has 1 nitrogen and oxygen atoms in total. The highest BCUT2D eigenvalue weighted by molar-refractivity contribution is 5.92. The van der Waals surface area contributed by atoms with E-state index in [1.54, 1.807) is 89.0 Å². The summed E-state index contributed by atoms with van der Waals surface area (Å²) in [6.45, 7) is 22.8. The third kappa shape index (κ3) is 13.3. The maximum atomic E-state index is 2.50. The van der Waals surface area contributed by atoms with Crippen molar-refractivity contribution in [3.05, 3.63) is 441 Å². The number of hydrogen-bond donors (Lipinski definition) is 0. The fraction of sp³-hybridized carbons (Fsp3) is 0.333. The van der Waals surface area contributed by atoms with Gasteiger partial charge in [-0.1, -0.05) is 334 Å². The number of aryl methyl sites for hydroxylation is 10. The van der Waals surface area contributed by atoms with E-state index in [1.807, 2.05) is 0 Å². The molecule has 3 saturated carbocycles. The van der Waals surface area contributed by atoms with Crippen molar-refractivity contribution in [2.75, 3.05) is 4.90 Å². The Morgan fingerprint density at radius 2 is 0.684 bits per heavy atom. The van der Waals surface area contributed by atoms with Gasteiger partial charge in [0.1, 0.15) is 0 Å². The zero-order chi connectivity index (χ0) is 91.8. The second-order valence-corrected chi connectivity index (χ2v) is 45.0. The van der Waals surface area contributed by atoms with Gasteiger partial charge in [-0.3, -0.25) is 0 Å². The molecule has 3 fully saturated rings. The van der Waals surface area contributed by atoms with Gasteiger partial charge in [0.25, 0.3) is 0 Å². The van der Waals surface area contributed by atoms with Crippen molar-refractivity contribution in [1.82, 2.24) is 0 Å². The van der Waals surface area contributed by atoms with Gasteiger partial charge in [-0.2, -0.15) is 0 Å². The van der Waals surface area contributed by atoms with Crippen molar-refractivity contribution >= 4 is 17.1 Å². The van der Waals surface area contributed by atoms with Crippen LogP contribution >= 0.6 is 0 Å². The van der Waals surface area contributed by atoms with Crippen LogP contribution in [0, 0.1) is 80.1 Å². The molecule has 14 aliphatic rings. The molecular weight excluding hydrogens is 1640 g/mol. The molecule has 15 aromatic carbocycles. The Balaban J connectivity index is 0.0000000917. The number of anilines is 3. The second-order valence-electron chi connectivity index (χ2n) is 45.0. The summed E-state index contributed by atoms with van der Waals surface area (Å²) in [5.41, 5.74) is 66.4. The number of fused-ring (bicyclic) bond motifs is 23. The molecule has 0 aliphatic heterocycles. The first-order valence-electron chi connectivity index (χ1n) is 52.8. The van der Waals surface area contributed by atoms with Crippen LogP contribution in [0.15, 0.2) is 285 Å². The van der Waals surface area contributed by atoms with E-state index in [1.165, 1.54) is 305 Å². The van der Waals surface area contributed by atoms with Crippen LogP contribution in [0.3, 0.4) is 0 Å². The van der Waals surface area contributed by atoms with Gasteiger partial charge in [-0.25, -0.2) is 0 Å². The molecule has 5 atom stereocenters. The number of benzene rings is 15. The Morgan fingerprint density at radius 3 is 1.26 bits per heavy atom. The summed E-state index contributed by atoms with van der Waals surface area (Å²) < 4.78 is 0.